The second-order valence-corrected chi connectivity index (χ2v) is 5.42. The number of nitrogens with one attached hydrogen (secondary N) is 1. The first-order chi connectivity index (χ1) is 13.0. The third-order valence-electron chi connectivity index (χ3n) is 3.53. The number of hydrazone groups is 1. The van der Waals surface area contributed by atoms with E-state index in [1.54, 1.807) is 36.4 Å². The summed E-state index contributed by atoms with van der Waals surface area (Å²) in [5, 5.41) is 14.9. The lowest BCUT2D eigenvalue weighted by molar-refractivity contribution is -0.385. The summed E-state index contributed by atoms with van der Waals surface area (Å²) >= 11 is 0. The first-order valence-corrected chi connectivity index (χ1v) is 8.49. The van der Waals surface area contributed by atoms with Crippen molar-refractivity contribution in [2.75, 3.05) is 13.2 Å². The molecule has 142 valence electrons. The van der Waals surface area contributed by atoms with Gasteiger partial charge in [-0.2, -0.15) is 5.10 Å². The fourth-order valence-electron chi connectivity index (χ4n) is 2.38. The highest BCUT2D eigenvalue weighted by Gasteiger charge is 2.15. The van der Waals surface area contributed by atoms with Crippen molar-refractivity contribution in [2.45, 2.75) is 20.3 Å². The molecule has 2 rings (SSSR count). The number of nitro groups is 1. The van der Waals surface area contributed by atoms with E-state index in [0.717, 1.165) is 0 Å². The summed E-state index contributed by atoms with van der Waals surface area (Å²) in [4.78, 5) is 22.5. The van der Waals surface area contributed by atoms with Gasteiger partial charge in [0.15, 0.2) is 0 Å². The van der Waals surface area contributed by atoms with Crippen molar-refractivity contribution < 1.29 is 19.2 Å². The molecule has 0 saturated carbocycles. The molecule has 0 atom stereocenters. The van der Waals surface area contributed by atoms with Gasteiger partial charge < -0.3 is 9.47 Å². The van der Waals surface area contributed by atoms with Gasteiger partial charge in [0.2, 0.25) is 5.91 Å². The van der Waals surface area contributed by atoms with Crippen LogP contribution in [0.2, 0.25) is 0 Å². The number of nitrogens with zero attached hydrogens (tertiary/aromatic N) is 2. The van der Waals surface area contributed by atoms with Crippen LogP contribution in [-0.2, 0) is 11.2 Å². The van der Waals surface area contributed by atoms with Crippen LogP contribution in [-0.4, -0.2) is 30.3 Å². The molecule has 0 aromatic heterocycles. The van der Waals surface area contributed by atoms with Gasteiger partial charge in [0.25, 0.3) is 5.69 Å². The van der Waals surface area contributed by atoms with E-state index in [1.165, 1.54) is 12.3 Å². The molecule has 1 N–H and O–H groups in total. The number of ether oxygens (including phenoxy) is 2. The van der Waals surface area contributed by atoms with Crippen LogP contribution in [0.25, 0.3) is 0 Å². The second-order valence-electron chi connectivity index (χ2n) is 5.42. The van der Waals surface area contributed by atoms with Crippen molar-refractivity contribution in [1.82, 2.24) is 5.43 Å². The van der Waals surface area contributed by atoms with E-state index in [9.17, 15) is 14.9 Å². The van der Waals surface area contributed by atoms with E-state index in [0.29, 0.717) is 35.8 Å². The lowest BCUT2D eigenvalue weighted by Crippen LogP contribution is -2.20. The van der Waals surface area contributed by atoms with Gasteiger partial charge in [-0.15, -0.1) is 0 Å². The SMILES string of the molecule is CCOc1ccc(C=NNC(=O)Cc2ccccc2[N+](=O)[O-])c(OCC)c1. The van der Waals surface area contributed by atoms with E-state index in [4.69, 9.17) is 9.47 Å². The first kappa shape index (κ1) is 19.9. The lowest BCUT2D eigenvalue weighted by Gasteiger charge is -2.10. The quantitative estimate of drug-likeness (QED) is 0.414. The van der Waals surface area contributed by atoms with Gasteiger partial charge >= 0.3 is 0 Å². The first-order valence-electron chi connectivity index (χ1n) is 8.49. The van der Waals surface area contributed by atoms with Crippen molar-refractivity contribution in [3.05, 3.63) is 63.7 Å². The molecule has 0 unspecified atom stereocenters. The van der Waals surface area contributed by atoms with E-state index in [2.05, 4.69) is 10.5 Å². The predicted octanol–water partition coefficient (Wildman–Crippen LogP) is 3.09. The zero-order chi connectivity index (χ0) is 19.6. The Morgan fingerprint density at radius 1 is 1.19 bits per heavy atom. The molecule has 0 heterocycles. The van der Waals surface area contributed by atoms with Gasteiger partial charge in [-0.25, -0.2) is 5.43 Å². The van der Waals surface area contributed by atoms with Crippen LogP contribution < -0.4 is 14.9 Å². The Morgan fingerprint density at radius 2 is 1.93 bits per heavy atom. The standard InChI is InChI=1S/C19H21N3O5/c1-3-26-16-10-9-15(18(12-16)27-4-2)13-20-21-19(23)11-14-7-5-6-8-17(14)22(24)25/h5-10,12-13H,3-4,11H2,1-2H3,(H,21,23). The van der Waals surface area contributed by atoms with Crippen LogP contribution >= 0.6 is 0 Å². The molecule has 0 aliphatic heterocycles. The van der Waals surface area contributed by atoms with E-state index in [-0.39, 0.29) is 12.1 Å². The number of nitro benzene ring substituents is 1. The normalized spacial score (nSPS) is 10.6. The Bertz CT molecular complexity index is 836. The molecular weight excluding hydrogens is 350 g/mol. The number of para-hydroxylation sites is 1. The monoisotopic (exact) mass is 371 g/mol. The average molecular weight is 371 g/mol. The molecule has 0 fully saturated rings. The predicted molar refractivity (Wildman–Crippen MR) is 101 cm³/mol. The number of carbonyl (C=O) groups is 1. The van der Waals surface area contributed by atoms with Gasteiger partial charge in [0.05, 0.1) is 30.8 Å². The summed E-state index contributed by atoms with van der Waals surface area (Å²) in [6.07, 6.45) is 1.31. The minimum Gasteiger partial charge on any atom is -0.494 e. The van der Waals surface area contributed by atoms with Crippen molar-refractivity contribution in [1.29, 1.82) is 0 Å². The summed E-state index contributed by atoms with van der Waals surface area (Å²) in [6, 6.07) is 11.4. The maximum atomic E-state index is 12.0. The minimum atomic E-state index is -0.514. The molecule has 1 amide bonds. The Balaban J connectivity index is 2.04. The van der Waals surface area contributed by atoms with Crippen LogP contribution in [0.5, 0.6) is 11.5 Å². The number of hydrogen-bond donors (Lipinski definition) is 1. The Morgan fingerprint density at radius 3 is 2.63 bits per heavy atom. The van der Waals surface area contributed by atoms with Crippen LogP contribution in [0, 0.1) is 10.1 Å². The number of rotatable bonds is 9. The van der Waals surface area contributed by atoms with Crippen molar-refractivity contribution in [3.63, 3.8) is 0 Å². The zero-order valence-electron chi connectivity index (χ0n) is 15.2. The number of hydrogen-bond acceptors (Lipinski definition) is 6. The number of benzene rings is 2. The smallest absolute Gasteiger partial charge is 0.273 e. The molecule has 0 aliphatic rings. The maximum Gasteiger partial charge on any atom is 0.273 e. The molecule has 0 saturated heterocycles. The molecule has 2 aromatic rings. The molecule has 0 aliphatic carbocycles. The van der Waals surface area contributed by atoms with Crippen LogP contribution in [0.4, 0.5) is 5.69 Å². The third kappa shape index (κ3) is 5.81. The molecular formula is C19H21N3O5. The van der Waals surface area contributed by atoms with Crippen molar-refractivity contribution >= 4 is 17.8 Å². The van der Waals surface area contributed by atoms with Crippen molar-refractivity contribution in [2.24, 2.45) is 5.10 Å². The maximum absolute atomic E-state index is 12.0. The number of carbonyl (C=O) groups excluding carboxylic acids is 1. The van der Waals surface area contributed by atoms with Gasteiger partial charge in [-0.1, -0.05) is 18.2 Å². The fourth-order valence-corrected chi connectivity index (χ4v) is 2.38. The van der Waals surface area contributed by atoms with Gasteiger partial charge in [0, 0.05) is 23.3 Å². The molecule has 0 bridgehead atoms. The Labute approximate surface area is 157 Å². The molecule has 8 nitrogen and oxygen atoms in total. The molecule has 8 heteroatoms. The van der Waals surface area contributed by atoms with Crippen LogP contribution in [0.3, 0.4) is 0 Å². The minimum absolute atomic E-state index is 0.0956. The highest BCUT2D eigenvalue weighted by atomic mass is 16.6. The molecule has 0 spiro atoms. The van der Waals surface area contributed by atoms with E-state index in [1.807, 2.05) is 13.8 Å². The summed E-state index contributed by atoms with van der Waals surface area (Å²) < 4.78 is 11.0. The fraction of sp³-hybridized carbons (Fsp3) is 0.263. The summed E-state index contributed by atoms with van der Waals surface area (Å²) in [6.45, 7) is 4.77. The third-order valence-corrected chi connectivity index (χ3v) is 3.53. The van der Waals surface area contributed by atoms with Crippen LogP contribution in [0.1, 0.15) is 25.0 Å². The lowest BCUT2D eigenvalue weighted by atomic mass is 10.1. The highest BCUT2D eigenvalue weighted by Crippen LogP contribution is 2.24. The highest BCUT2D eigenvalue weighted by molar-refractivity contribution is 5.86. The summed E-state index contributed by atoms with van der Waals surface area (Å²) in [5.74, 6) is 0.808. The van der Waals surface area contributed by atoms with E-state index >= 15 is 0 Å². The van der Waals surface area contributed by atoms with Crippen LogP contribution in [0.15, 0.2) is 47.6 Å². The van der Waals surface area contributed by atoms with E-state index < -0.39 is 10.8 Å². The zero-order valence-corrected chi connectivity index (χ0v) is 15.2. The summed E-state index contributed by atoms with van der Waals surface area (Å²) in [5.41, 5.74) is 3.28. The Kier molecular flexibility index (Phi) is 7.30. The Hall–Kier alpha value is -3.42. The van der Waals surface area contributed by atoms with Gasteiger partial charge in [-0.05, 0) is 26.0 Å². The van der Waals surface area contributed by atoms with Gasteiger partial charge in [-0.3, -0.25) is 14.9 Å². The molecule has 27 heavy (non-hydrogen) atoms. The molecule has 0 radical (unpaired) electrons. The van der Waals surface area contributed by atoms with Crippen molar-refractivity contribution in [3.8, 4) is 11.5 Å². The second kappa shape index (κ2) is 9.91. The van der Waals surface area contributed by atoms with Gasteiger partial charge in [0.1, 0.15) is 11.5 Å². The largest absolute Gasteiger partial charge is 0.494 e. The average Bonchev–Trinajstić information content (AvgIpc) is 2.64. The number of amides is 1. The summed E-state index contributed by atoms with van der Waals surface area (Å²) in [7, 11) is 0. The molecule has 2 aromatic carbocycles. The topological polar surface area (TPSA) is 103 Å².